The average Bonchev–Trinajstić information content (AvgIpc) is 2.81. The molecule has 7 heteroatoms. The second-order valence-corrected chi connectivity index (χ2v) is 7.93. The molecule has 0 radical (unpaired) electrons. The molecule has 1 aliphatic rings. The minimum absolute atomic E-state index is 0.120. The van der Waals surface area contributed by atoms with Gasteiger partial charge in [0.15, 0.2) is 6.10 Å². The van der Waals surface area contributed by atoms with Crippen molar-refractivity contribution in [2.75, 3.05) is 18.6 Å². The molecule has 1 aromatic heterocycles. The third kappa shape index (κ3) is 4.42. The Hall–Kier alpha value is -3.48. The number of benzene rings is 2. The molecule has 3 aromatic rings. The number of methoxy groups -OCH3 is 1. The summed E-state index contributed by atoms with van der Waals surface area (Å²) in [6.07, 6.45) is 1.09. The zero-order valence-electron chi connectivity index (χ0n) is 18.6. The number of fused-ring (bicyclic) bond motifs is 2. The predicted octanol–water partition coefficient (Wildman–Crippen LogP) is 3.87. The number of carbonyl (C=O) groups excluding carboxylic acids is 1. The van der Waals surface area contributed by atoms with Crippen LogP contribution in [0.3, 0.4) is 0 Å². The molecule has 2 heterocycles. The van der Waals surface area contributed by atoms with Gasteiger partial charge in [-0.05, 0) is 42.7 Å². The second kappa shape index (κ2) is 9.34. The molecule has 4 rings (SSSR count). The Bertz CT molecular complexity index is 1170. The molecular formula is C25H28N2O5. The van der Waals surface area contributed by atoms with Gasteiger partial charge < -0.3 is 24.1 Å². The molecule has 1 N–H and O–H groups in total. The number of rotatable bonds is 7. The lowest BCUT2D eigenvalue weighted by Gasteiger charge is -2.36. The van der Waals surface area contributed by atoms with Crippen LogP contribution in [0.1, 0.15) is 32.3 Å². The number of hydrogen-bond donors (Lipinski definition) is 1. The van der Waals surface area contributed by atoms with Crippen molar-refractivity contribution in [3.8, 4) is 11.5 Å². The lowest BCUT2D eigenvalue weighted by atomic mass is 10.1. The van der Waals surface area contributed by atoms with Crippen LogP contribution in [0.25, 0.3) is 11.0 Å². The van der Waals surface area contributed by atoms with Crippen LogP contribution >= 0.6 is 0 Å². The molecule has 0 saturated heterocycles. The van der Waals surface area contributed by atoms with Crippen LogP contribution in [0.5, 0.6) is 11.5 Å². The first-order valence-corrected chi connectivity index (χ1v) is 10.9. The maximum Gasteiger partial charge on any atom is 0.336 e. The molecule has 0 spiro atoms. The molecular weight excluding hydrogens is 408 g/mol. The Balaban J connectivity index is 1.67. The smallest absolute Gasteiger partial charge is 0.336 e. The van der Waals surface area contributed by atoms with E-state index in [4.69, 9.17) is 13.9 Å². The maximum absolute atomic E-state index is 12.9. The lowest BCUT2D eigenvalue weighted by Crippen LogP contribution is -2.51. The van der Waals surface area contributed by atoms with Crippen molar-refractivity contribution in [3.05, 3.63) is 64.5 Å². The maximum atomic E-state index is 12.9. The fourth-order valence-corrected chi connectivity index (χ4v) is 4.05. The summed E-state index contributed by atoms with van der Waals surface area (Å²) >= 11 is 0. The number of nitrogens with zero attached hydrogens (tertiary/aromatic N) is 1. The molecule has 7 nitrogen and oxygen atoms in total. The van der Waals surface area contributed by atoms with Gasteiger partial charge in [0.05, 0.1) is 19.3 Å². The van der Waals surface area contributed by atoms with Crippen molar-refractivity contribution in [1.29, 1.82) is 0 Å². The Morgan fingerprint density at radius 3 is 2.72 bits per heavy atom. The molecule has 1 aliphatic heterocycles. The van der Waals surface area contributed by atoms with Crippen molar-refractivity contribution < 1.29 is 18.7 Å². The van der Waals surface area contributed by atoms with Gasteiger partial charge in [-0.15, -0.1) is 0 Å². The molecule has 0 saturated carbocycles. The van der Waals surface area contributed by atoms with Crippen molar-refractivity contribution in [2.24, 2.45) is 0 Å². The van der Waals surface area contributed by atoms with Crippen LogP contribution in [0.15, 0.2) is 57.7 Å². The van der Waals surface area contributed by atoms with E-state index in [-0.39, 0.29) is 11.9 Å². The summed E-state index contributed by atoms with van der Waals surface area (Å²) in [6, 6.07) is 14.7. The van der Waals surface area contributed by atoms with Crippen LogP contribution in [-0.4, -0.2) is 31.7 Å². The Morgan fingerprint density at radius 1 is 1.19 bits per heavy atom. The summed E-state index contributed by atoms with van der Waals surface area (Å²) in [5.41, 5.74) is 1.74. The third-order valence-corrected chi connectivity index (χ3v) is 5.88. The van der Waals surface area contributed by atoms with Gasteiger partial charge in [-0.25, -0.2) is 4.79 Å². The average molecular weight is 437 g/mol. The first-order chi connectivity index (χ1) is 15.5. The van der Waals surface area contributed by atoms with Crippen LogP contribution in [0, 0.1) is 0 Å². The van der Waals surface area contributed by atoms with Gasteiger partial charge in [-0.2, -0.15) is 0 Å². The number of anilines is 1. The van der Waals surface area contributed by atoms with Crippen molar-refractivity contribution in [3.63, 3.8) is 0 Å². The number of carbonyl (C=O) groups is 1. The Morgan fingerprint density at radius 2 is 1.97 bits per heavy atom. The highest BCUT2D eigenvalue weighted by Crippen LogP contribution is 2.35. The van der Waals surface area contributed by atoms with Gasteiger partial charge in [0.25, 0.3) is 5.91 Å². The number of hydrogen-bond acceptors (Lipinski definition) is 6. The largest absolute Gasteiger partial charge is 0.497 e. The highest BCUT2D eigenvalue weighted by Gasteiger charge is 2.31. The number of nitrogens with one attached hydrogen (secondary N) is 1. The van der Waals surface area contributed by atoms with Crippen LogP contribution < -0.4 is 25.3 Å². The van der Waals surface area contributed by atoms with E-state index in [1.807, 2.05) is 36.4 Å². The lowest BCUT2D eigenvalue weighted by molar-refractivity contribution is -0.128. The normalized spacial score (nSPS) is 15.4. The Kier molecular flexibility index (Phi) is 6.35. The number of amides is 1. The fourth-order valence-electron chi connectivity index (χ4n) is 4.05. The second-order valence-electron chi connectivity index (χ2n) is 7.93. The summed E-state index contributed by atoms with van der Waals surface area (Å²) in [5, 5.41) is 3.91. The summed E-state index contributed by atoms with van der Waals surface area (Å²) in [7, 11) is 1.57. The zero-order valence-corrected chi connectivity index (χ0v) is 18.6. The van der Waals surface area contributed by atoms with Gasteiger partial charge in [-0.3, -0.25) is 4.79 Å². The van der Waals surface area contributed by atoms with E-state index in [9.17, 15) is 9.59 Å². The summed E-state index contributed by atoms with van der Waals surface area (Å²) in [4.78, 5) is 27.2. The van der Waals surface area contributed by atoms with Crippen molar-refractivity contribution in [2.45, 2.75) is 45.4 Å². The Labute approximate surface area is 186 Å². The van der Waals surface area contributed by atoms with Crippen LogP contribution in [0.2, 0.25) is 0 Å². The van der Waals surface area contributed by atoms with E-state index in [1.54, 1.807) is 13.2 Å². The minimum Gasteiger partial charge on any atom is -0.497 e. The summed E-state index contributed by atoms with van der Waals surface area (Å²) in [5.74, 6) is 1.14. The van der Waals surface area contributed by atoms with Crippen molar-refractivity contribution in [1.82, 2.24) is 5.32 Å². The molecule has 0 fully saturated rings. The first kappa shape index (κ1) is 21.7. The van der Waals surface area contributed by atoms with E-state index in [1.165, 1.54) is 6.07 Å². The van der Waals surface area contributed by atoms with Gasteiger partial charge in [0.2, 0.25) is 0 Å². The molecule has 168 valence electrons. The van der Waals surface area contributed by atoms with Gasteiger partial charge in [-0.1, -0.05) is 26.0 Å². The predicted molar refractivity (Wildman–Crippen MR) is 123 cm³/mol. The molecule has 32 heavy (non-hydrogen) atoms. The van der Waals surface area contributed by atoms with Gasteiger partial charge in [0.1, 0.15) is 17.1 Å². The SMILES string of the molecule is CCC(CC)NC(=O)C1CN(Cc2cc(=O)oc3cc(OC)ccc23)c2ccccc2O1. The molecule has 0 aliphatic carbocycles. The third-order valence-electron chi connectivity index (χ3n) is 5.88. The summed E-state index contributed by atoms with van der Waals surface area (Å²) in [6.45, 7) is 4.92. The van der Waals surface area contributed by atoms with E-state index < -0.39 is 11.7 Å². The first-order valence-electron chi connectivity index (χ1n) is 10.9. The van der Waals surface area contributed by atoms with Crippen LogP contribution in [0.4, 0.5) is 5.69 Å². The zero-order chi connectivity index (χ0) is 22.7. The van der Waals surface area contributed by atoms with E-state index in [0.29, 0.717) is 30.2 Å². The molecule has 0 bridgehead atoms. The quantitative estimate of drug-likeness (QED) is 0.566. The van der Waals surface area contributed by atoms with Crippen LogP contribution in [-0.2, 0) is 11.3 Å². The van der Waals surface area contributed by atoms with Crippen molar-refractivity contribution >= 4 is 22.6 Å². The monoisotopic (exact) mass is 436 g/mol. The highest BCUT2D eigenvalue weighted by molar-refractivity contribution is 5.84. The van der Waals surface area contributed by atoms with Gasteiger partial charge in [0, 0.05) is 30.1 Å². The summed E-state index contributed by atoms with van der Waals surface area (Å²) < 4.78 is 16.7. The standard InChI is InChI=1S/C25H28N2O5/c1-4-17(5-2)26-25(29)23-15-27(20-8-6-7-9-21(20)31-23)14-16-12-24(28)32-22-13-18(30-3)10-11-19(16)22/h6-13,17,23H,4-5,14-15H2,1-3H3,(H,26,29). The minimum atomic E-state index is -0.642. The molecule has 1 amide bonds. The fraction of sp³-hybridized carbons (Fsp3) is 0.360. The van der Waals surface area contributed by atoms with E-state index in [0.717, 1.165) is 29.5 Å². The van der Waals surface area contributed by atoms with E-state index in [2.05, 4.69) is 24.1 Å². The molecule has 1 unspecified atom stereocenters. The number of para-hydroxylation sites is 2. The molecule has 1 atom stereocenters. The van der Waals surface area contributed by atoms with Gasteiger partial charge >= 0.3 is 5.63 Å². The topological polar surface area (TPSA) is 81.0 Å². The highest BCUT2D eigenvalue weighted by atomic mass is 16.5. The molecule has 2 aromatic carbocycles. The number of ether oxygens (including phenoxy) is 2. The van der Waals surface area contributed by atoms with E-state index >= 15 is 0 Å².